The number of allylic oxidation sites excluding steroid dienone is 2. The standard InChI is InChI=1S/C14H25O5P/c1-5-17-13(15)14(11-9-8-10-12(14)4)20(16,18-6-2)19-7-3/h8,10,12H,5-7,9,11H2,1-4H3/t12-,14-/m0/s1. The van der Waals surface area contributed by atoms with Crippen molar-refractivity contribution in [3.05, 3.63) is 12.2 Å². The van der Waals surface area contributed by atoms with Gasteiger partial charge in [-0.05, 0) is 33.6 Å². The molecule has 116 valence electrons. The maximum Gasteiger partial charge on any atom is 0.348 e. The van der Waals surface area contributed by atoms with Gasteiger partial charge in [-0.2, -0.15) is 0 Å². The largest absolute Gasteiger partial charge is 0.465 e. The Kier molecular flexibility index (Phi) is 6.44. The van der Waals surface area contributed by atoms with Gasteiger partial charge in [0.2, 0.25) is 0 Å². The summed E-state index contributed by atoms with van der Waals surface area (Å²) in [6.07, 6.45) is 4.96. The van der Waals surface area contributed by atoms with Gasteiger partial charge >= 0.3 is 13.6 Å². The lowest BCUT2D eigenvalue weighted by molar-refractivity contribution is -0.148. The summed E-state index contributed by atoms with van der Waals surface area (Å²) in [6.45, 7) is 7.79. The lowest BCUT2D eigenvalue weighted by Gasteiger charge is -2.41. The number of hydrogen-bond acceptors (Lipinski definition) is 5. The van der Waals surface area contributed by atoms with Crippen molar-refractivity contribution in [1.82, 2.24) is 0 Å². The van der Waals surface area contributed by atoms with Crippen LogP contribution in [0.4, 0.5) is 0 Å². The van der Waals surface area contributed by atoms with Crippen LogP contribution in [0.1, 0.15) is 40.5 Å². The van der Waals surface area contributed by atoms with E-state index in [0.29, 0.717) is 12.8 Å². The fraction of sp³-hybridized carbons (Fsp3) is 0.786. The Morgan fingerprint density at radius 1 is 1.25 bits per heavy atom. The van der Waals surface area contributed by atoms with Crippen LogP contribution in [-0.2, 0) is 23.1 Å². The van der Waals surface area contributed by atoms with Crippen molar-refractivity contribution in [2.45, 2.75) is 45.7 Å². The van der Waals surface area contributed by atoms with Crippen molar-refractivity contribution >= 4 is 13.6 Å². The quantitative estimate of drug-likeness (QED) is 0.409. The second-order valence-corrected chi connectivity index (χ2v) is 7.04. The Labute approximate surface area is 121 Å². The highest BCUT2D eigenvalue weighted by molar-refractivity contribution is 7.56. The zero-order valence-corrected chi connectivity index (χ0v) is 13.7. The van der Waals surface area contributed by atoms with E-state index in [2.05, 4.69) is 0 Å². The first-order valence-corrected chi connectivity index (χ1v) is 8.75. The molecule has 0 bridgehead atoms. The fourth-order valence-corrected chi connectivity index (χ4v) is 5.13. The molecule has 0 N–H and O–H groups in total. The van der Waals surface area contributed by atoms with Gasteiger partial charge in [-0.3, -0.25) is 9.36 Å². The van der Waals surface area contributed by atoms with Gasteiger partial charge in [-0.15, -0.1) is 0 Å². The van der Waals surface area contributed by atoms with Gasteiger partial charge in [-0.25, -0.2) is 0 Å². The Bertz CT molecular complexity index is 396. The van der Waals surface area contributed by atoms with Crippen LogP contribution < -0.4 is 0 Å². The van der Waals surface area contributed by atoms with E-state index in [-0.39, 0.29) is 25.7 Å². The molecule has 1 aliphatic rings. The van der Waals surface area contributed by atoms with Gasteiger partial charge in [0.05, 0.1) is 19.8 Å². The number of ether oxygens (including phenoxy) is 1. The Hall–Kier alpha value is -0.640. The summed E-state index contributed by atoms with van der Waals surface area (Å²) in [7, 11) is -3.59. The van der Waals surface area contributed by atoms with Gasteiger partial charge in [0.25, 0.3) is 0 Å². The van der Waals surface area contributed by atoms with Gasteiger partial charge < -0.3 is 13.8 Å². The first-order valence-electron chi connectivity index (χ1n) is 7.21. The predicted octanol–water partition coefficient (Wildman–Crippen LogP) is 3.54. The zero-order chi connectivity index (χ0) is 15.2. The Morgan fingerprint density at radius 3 is 2.30 bits per heavy atom. The molecule has 0 aromatic rings. The molecule has 20 heavy (non-hydrogen) atoms. The van der Waals surface area contributed by atoms with Crippen LogP contribution in [0.15, 0.2) is 12.2 Å². The topological polar surface area (TPSA) is 61.8 Å². The molecule has 0 saturated carbocycles. The minimum absolute atomic E-state index is 0.231. The average molecular weight is 304 g/mol. The molecule has 0 saturated heterocycles. The summed E-state index contributed by atoms with van der Waals surface area (Å²) in [5, 5.41) is -1.23. The van der Waals surface area contributed by atoms with E-state index in [1.165, 1.54) is 0 Å². The Morgan fingerprint density at radius 2 is 1.85 bits per heavy atom. The maximum absolute atomic E-state index is 13.2. The Balaban J connectivity index is 3.31. The van der Waals surface area contributed by atoms with E-state index < -0.39 is 18.7 Å². The average Bonchev–Trinajstić information content (AvgIpc) is 2.40. The molecular formula is C14H25O5P. The van der Waals surface area contributed by atoms with E-state index in [4.69, 9.17) is 13.8 Å². The number of rotatable bonds is 7. The molecule has 1 aliphatic carbocycles. The molecule has 6 heteroatoms. The molecule has 0 spiro atoms. The minimum Gasteiger partial charge on any atom is -0.465 e. The van der Waals surface area contributed by atoms with Crippen LogP contribution in [-0.4, -0.2) is 30.9 Å². The monoisotopic (exact) mass is 304 g/mol. The second kappa shape index (κ2) is 7.39. The molecule has 0 aromatic carbocycles. The summed E-state index contributed by atoms with van der Waals surface area (Å²) >= 11 is 0. The van der Waals surface area contributed by atoms with E-state index in [1.807, 2.05) is 19.1 Å². The number of hydrogen-bond donors (Lipinski definition) is 0. The molecule has 1 rings (SSSR count). The van der Waals surface area contributed by atoms with Gasteiger partial charge in [0, 0.05) is 5.92 Å². The molecule has 0 radical (unpaired) electrons. The minimum atomic E-state index is -3.59. The van der Waals surface area contributed by atoms with Crippen molar-refractivity contribution in [3.63, 3.8) is 0 Å². The molecule has 0 heterocycles. The normalized spacial score (nSPS) is 26.5. The van der Waals surface area contributed by atoms with Crippen LogP contribution in [0, 0.1) is 5.92 Å². The zero-order valence-electron chi connectivity index (χ0n) is 12.8. The summed E-state index contributed by atoms with van der Waals surface area (Å²) in [5.74, 6) is -0.735. The third kappa shape index (κ3) is 3.00. The van der Waals surface area contributed by atoms with Gasteiger partial charge in [0.1, 0.15) is 0 Å². The summed E-state index contributed by atoms with van der Waals surface area (Å²) < 4.78 is 29.3. The third-order valence-corrected chi connectivity index (χ3v) is 6.57. The van der Waals surface area contributed by atoms with Gasteiger partial charge in [-0.1, -0.05) is 19.1 Å². The third-order valence-electron chi connectivity index (χ3n) is 3.59. The number of carbonyl (C=O) groups is 1. The molecule has 2 atom stereocenters. The van der Waals surface area contributed by atoms with E-state index in [1.54, 1.807) is 20.8 Å². The van der Waals surface area contributed by atoms with Crippen molar-refractivity contribution in [2.24, 2.45) is 5.92 Å². The van der Waals surface area contributed by atoms with E-state index in [0.717, 1.165) is 0 Å². The van der Waals surface area contributed by atoms with E-state index in [9.17, 15) is 9.36 Å². The number of carbonyl (C=O) groups excluding carboxylic acids is 1. The lowest BCUT2D eigenvalue weighted by atomic mass is 9.84. The first-order chi connectivity index (χ1) is 9.48. The predicted molar refractivity (Wildman–Crippen MR) is 77.8 cm³/mol. The highest BCUT2D eigenvalue weighted by atomic mass is 31.2. The highest BCUT2D eigenvalue weighted by Gasteiger charge is 2.60. The first kappa shape index (κ1) is 17.4. The fourth-order valence-electron chi connectivity index (χ4n) is 2.64. The van der Waals surface area contributed by atoms with Crippen molar-refractivity contribution in [3.8, 4) is 0 Å². The molecule has 0 unspecified atom stereocenters. The smallest absolute Gasteiger partial charge is 0.348 e. The lowest BCUT2D eigenvalue weighted by Crippen LogP contribution is -2.47. The van der Waals surface area contributed by atoms with Crippen LogP contribution in [0.2, 0.25) is 0 Å². The van der Waals surface area contributed by atoms with Crippen molar-refractivity contribution in [1.29, 1.82) is 0 Å². The van der Waals surface area contributed by atoms with Crippen LogP contribution in [0.3, 0.4) is 0 Å². The van der Waals surface area contributed by atoms with Crippen molar-refractivity contribution < 1.29 is 23.1 Å². The van der Waals surface area contributed by atoms with Gasteiger partial charge in [0.15, 0.2) is 5.16 Å². The molecular weight excluding hydrogens is 279 g/mol. The SMILES string of the molecule is CCOC(=O)[C@]1(P(=O)(OCC)OCC)CCC=C[C@@H]1C. The summed E-state index contributed by atoms with van der Waals surface area (Å²) in [5.41, 5.74) is 0. The molecule has 0 fully saturated rings. The highest BCUT2D eigenvalue weighted by Crippen LogP contribution is 2.66. The van der Waals surface area contributed by atoms with Crippen LogP contribution in [0.25, 0.3) is 0 Å². The summed E-state index contributed by atoms with van der Waals surface area (Å²) in [6, 6.07) is 0. The molecule has 5 nitrogen and oxygen atoms in total. The molecule has 0 aromatic heterocycles. The van der Waals surface area contributed by atoms with Crippen molar-refractivity contribution in [2.75, 3.05) is 19.8 Å². The maximum atomic E-state index is 13.2. The second-order valence-electron chi connectivity index (χ2n) is 4.73. The van der Waals surface area contributed by atoms with E-state index >= 15 is 0 Å². The van der Waals surface area contributed by atoms with Crippen LogP contribution >= 0.6 is 7.60 Å². The van der Waals surface area contributed by atoms with Crippen LogP contribution in [0.5, 0.6) is 0 Å². The number of esters is 1. The molecule has 0 amide bonds. The molecule has 0 aliphatic heterocycles. The summed E-state index contributed by atoms with van der Waals surface area (Å²) in [4.78, 5) is 12.5.